The smallest absolute Gasteiger partial charge is 0.225 e. The molecule has 86 valence electrons. The van der Waals surface area contributed by atoms with Crippen LogP contribution >= 0.6 is 34.8 Å². The van der Waals surface area contributed by atoms with Crippen molar-refractivity contribution in [1.82, 2.24) is 9.97 Å². The molecule has 0 bridgehead atoms. The summed E-state index contributed by atoms with van der Waals surface area (Å²) in [4.78, 5) is 11.4. The highest BCUT2D eigenvalue weighted by atomic mass is 127. The summed E-state index contributed by atoms with van der Waals surface area (Å²) in [6.45, 7) is 0.820. The molecule has 0 spiro atoms. The summed E-state index contributed by atoms with van der Waals surface area (Å²) in [5.41, 5.74) is 5.53. The van der Waals surface area contributed by atoms with Crippen LogP contribution in [0.15, 0.2) is 12.4 Å². The third-order valence-electron chi connectivity index (χ3n) is 2.45. The minimum atomic E-state index is 0.552. The van der Waals surface area contributed by atoms with E-state index >= 15 is 0 Å². The van der Waals surface area contributed by atoms with Gasteiger partial charge in [0.05, 0.1) is 4.99 Å². The second kappa shape index (κ2) is 5.22. The van der Waals surface area contributed by atoms with Gasteiger partial charge in [-0.05, 0) is 35.4 Å². The van der Waals surface area contributed by atoms with Crippen LogP contribution in [0.25, 0.3) is 0 Å². The fraction of sp³-hybridized carbons (Fsp3) is 0.500. The molecule has 1 aromatic rings. The molecule has 6 heteroatoms. The van der Waals surface area contributed by atoms with E-state index in [2.05, 4.69) is 37.5 Å². The Morgan fingerprint density at radius 2 is 2.12 bits per heavy atom. The van der Waals surface area contributed by atoms with Gasteiger partial charge in [0.15, 0.2) is 0 Å². The second-order valence-corrected chi connectivity index (χ2v) is 5.61. The molecule has 4 nitrogen and oxygen atoms in total. The Kier molecular flexibility index (Phi) is 3.91. The molecule has 0 radical (unpaired) electrons. The van der Waals surface area contributed by atoms with Crippen LogP contribution in [0, 0.1) is 3.57 Å². The minimum absolute atomic E-state index is 0.552. The van der Waals surface area contributed by atoms with E-state index in [1.165, 1.54) is 12.8 Å². The first kappa shape index (κ1) is 12.0. The van der Waals surface area contributed by atoms with Crippen molar-refractivity contribution in [2.75, 3.05) is 11.4 Å². The quantitative estimate of drug-likeness (QED) is 0.649. The van der Waals surface area contributed by atoms with Gasteiger partial charge in [0.2, 0.25) is 5.95 Å². The van der Waals surface area contributed by atoms with E-state index in [9.17, 15) is 0 Å². The third-order valence-corrected chi connectivity index (χ3v) is 3.21. The Morgan fingerprint density at radius 3 is 2.62 bits per heavy atom. The van der Waals surface area contributed by atoms with Crippen LogP contribution in [-0.2, 0) is 0 Å². The first-order valence-electron chi connectivity index (χ1n) is 5.19. The van der Waals surface area contributed by atoms with Crippen LogP contribution in [0.2, 0.25) is 0 Å². The zero-order valence-corrected chi connectivity index (χ0v) is 11.7. The monoisotopic (exact) mass is 348 g/mol. The van der Waals surface area contributed by atoms with Crippen LogP contribution in [0.3, 0.4) is 0 Å². The van der Waals surface area contributed by atoms with Crippen molar-refractivity contribution in [2.24, 2.45) is 5.73 Å². The Morgan fingerprint density at radius 1 is 1.50 bits per heavy atom. The van der Waals surface area contributed by atoms with Gasteiger partial charge >= 0.3 is 0 Å². The van der Waals surface area contributed by atoms with E-state index in [0.717, 1.165) is 22.5 Å². The lowest BCUT2D eigenvalue weighted by atomic mass is 10.4. The number of rotatable bonds is 5. The number of nitrogens with zero attached hydrogens (tertiary/aromatic N) is 3. The molecule has 1 saturated carbocycles. The molecule has 1 fully saturated rings. The molecule has 2 rings (SSSR count). The van der Waals surface area contributed by atoms with Gasteiger partial charge in [-0.1, -0.05) is 12.2 Å². The van der Waals surface area contributed by atoms with Crippen LogP contribution in [0.1, 0.15) is 19.3 Å². The van der Waals surface area contributed by atoms with Gasteiger partial charge in [0.1, 0.15) is 0 Å². The lowest BCUT2D eigenvalue weighted by Crippen LogP contribution is -2.31. The molecule has 1 aromatic heterocycles. The molecule has 0 aliphatic heterocycles. The summed E-state index contributed by atoms with van der Waals surface area (Å²) in [5, 5.41) is 0. The number of thiocarbonyl (C=S) groups is 1. The van der Waals surface area contributed by atoms with Crippen LogP contribution < -0.4 is 10.6 Å². The van der Waals surface area contributed by atoms with Crippen molar-refractivity contribution in [3.63, 3.8) is 0 Å². The van der Waals surface area contributed by atoms with Gasteiger partial charge in [0.25, 0.3) is 0 Å². The Hall–Kier alpha value is -0.500. The molecule has 0 unspecified atom stereocenters. The standard InChI is InChI=1S/C10H13IN4S/c11-7-5-13-10(14-6-7)15(8-1-2-8)4-3-9(12)16/h5-6,8H,1-4H2,(H2,12,16). The van der Waals surface area contributed by atoms with E-state index in [4.69, 9.17) is 18.0 Å². The van der Waals surface area contributed by atoms with Gasteiger partial charge in [-0.15, -0.1) is 0 Å². The predicted molar refractivity (Wildman–Crippen MR) is 76.5 cm³/mol. The largest absolute Gasteiger partial charge is 0.393 e. The second-order valence-electron chi connectivity index (χ2n) is 3.84. The van der Waals surface area contributed by atoms with Crippen LogP contribution in [-0.4, -0.2) is 27.5 Å². The third kappa shape index (κ3) is 3.24. The molecule has 1 heterocycles. The number of anilines is 1. The van der Waals surface area contributed by atoms with Crippen LogP contribution in [0.4, 0.5) is 5.95 Å². The Labute approximate surface area is 114 Å². The van der Waals surface area contributed by atoms with Crippen molar-refractivity contribution in [3.05, 3.63) is 16.0 Å². The first-order chi connectivity index (χ1) is 7.66. The average Bonchev–Trinajstić information content (AvgIpc) is 3.04. The molecule has 1 aliphatic rings. The Bertz CT molecular complexity index is 377. The highest BCUT2D eigenvalue weighted by Gasteiger charge is 2.30. The molecular formula is C10H13IN4S. The van der Waals surface area contributed by atoms with E-state index < -0.39 is 0 Å². The van der Waals surface area contributed by atoms with Crippen molar-refractivity contribution < 1.29 is 0 Å². The molecule has 1 aliphatic carbocycles. The van der Waals surface area contributed by atoms with E-state index in [-0.39, 0.29) is 0 Å². The molecule has 0 amide bonds. The zero-order chi connectivity index (χ0) is 11.5. The summed E-state index contributed by atoms with van der Waals surface area (Å²) in [7, 11) is 0. The average molecular weight is 348 g/mol. The maximum Gasteiger partial charge on any atom is 0.225 e. The SMILES string of the molecule is NC(=S)CCN(c1ncc(I)cn1)C1CC1. The van der Waals surface area contributed by atoms with Gasteiger partial charge in [0, 0.05) is 35.0 Å². The van der Waals surface area contributed by atoms with Crippen molar-refractivity contribution in [1.29, 1.82) is 0 Å². The Balaban J connectivity index is 2.06. The molecule has 2 N–H and O–H groups in total. The predicted octanol–water partition coefficient (Wildman–Crippen LogP) is 1.73. The fourth-order valence-corrected chi connectivity index (χ4v) is 1.89. The van der Waals surface area contributed by atoms with E-state index in [1.54, 1.807) is 0 Å². The zero-order valence-electron chi connectivity index (χ0n) is 8.77. The maximum atomic E-state index is 5.53. The summed E-state index contributed by atoms with van der Waals surface area (Å²) in [5.74, 6) is 0.791. The summed E-state index contributed by atoms with van der Waals surface area (Å²) < 4.78 is 1.05. The van der Waals surface area contributed by atoms with Crippen molar-refractivity contribution in [3.8, 4) is 0 Å². The van der Waals surface area contributed by atoms with E-state index in [0.29, 0.717) is 11.0 Å². The van der Waals surface area contributed by atoms with Gasteiger partial charge in [-0.2, -0.15) is 0 Å². The maximum absolute atomic E-state index is 5.53. The topological polar surface area (TPSA) is 55.0 Å². The lowest BCUT2D eigenvalue weighted by molar-refractivity contribution is 0.765. The molecule has 0 aromatic carbocycles. The van der Waals surface area contributed by atoms with Gasteiger partial charge in [-0.25, -0.2) is 9.97 Å². The van der Waals surface area contributed by atoms with Gasteiger partial charge < -0.3 is 10.6 Å². The van der Waals surface area contributed by atoms with E-state index in [1.807, 2.05) is 12.4 Å². The molecule has 16 heavy (non-hydrogen) atoms. The summed E-state index contributed by atoms with van der Waals surface area (Å²) in [6.07, 6.45) is 6.82. The summed E-state index contributed by atoms with van der Waals surface area (Å²) in [6, 6.07) is 0.578. The summed E-state index contributed by atoms with van der Waals surface area (Å²) >= 11 is 7.10. The van der Waals surface area contributed by atoms with Crippen LogP contribution in [0.5, 0.6) is 0 Å². The number of hydrogen-bond acceptors (Lipinski definition) is 4. The van der Waals surface area contributed by atoms with Gasteiger partial charge in [-0.3, -0.25) is 0 Å². The lowest BCUT2D eigenvalue weighted by Gasteiger charge is -2.21. The number of nitrogens with two attached hydrogens (primary N) is 1. The number of hydrogen-bond donors (Lipinski definition) is 1. The molecule has 0 saturated heterocycles. The highest BCUT2D eigenvalue weighted by Crippen LogP contribution is 2.29. The first-order valence-corrected chi connectivity index (χ1v) is 6.68. The normalized spacial score (nSPS) is 14.8. The van der Waals surface area contributed by atoms with Crippen molar-refractivity contribution >= 4 is 45.7 Å². The number of halogens is 1. The molecular weight excluding hydrogens is 335 g/mol. The molecule has 0 atom stereocenters. The van der Waals surface area contributed by atoms with Crippen molar-refractivity contribution in [2.45, 2.75) is 25.3 Å². The minimum Gasteiger partial charge on any atom is -0.393 e. The number of aromatic nitrogens is 2. The highest BCUT2D eigenvalue weighted by molar-refractivity contribution is 14.1. The fourth-order valence-electron chi connectivity index (χ4n) is 1.52.